The van der Waals surface area contributed by atoms with Crippen LogP contribution in [0.4, 0.5) is 5.69 Å². The molecule has 1 aromatic carbocycles. The zero-order chi connectivity index (χ0) is 33.9. The number of nitrogens with zero attached hydrogens (tertiary/aromatic N) is 1. The van der Waals surface area contributed by atoms with Crippen molar-refractivity contribution in [2.75, 3.05) is 6.54 Å². The molecule has 16 heteroatoms. The number of benzene rings is 1. The predicted molar refractivity (Wildman–Crippen MR) is 165 cm³/mol. The van der Waals surface area contributed by atoms with Crippen LogP contribution in [0.1, 0.15) is 43.4 Å². The van der Waals surface area contributed by atoms with Crippen LogP contribution in [0.2, 0.25) is 0 Å². The van der Waals surface area contributed by atoms with Gasteiger partial charge < -0.3 is 36.7 Å². The van der Waals surface area contributed by atoms with Gasteiger partial charge in [0, 0.05) is 43.7 Å². The largest absolute Gasteiger partial charge is 0.469 e. The number of furan rings is 1. The Morgan fingerprint density at radius 3 is 2.06 bits per heavy atom. The SMILES string of the molecule is NC(=O)C1CCCNC(=O)C(Cc2ccc([N+](=O)[O-])cc2)NC(=O)C(Cc2ccco2)NC(=O)C(CC2CC2)NC(=O)C=CC(=O)N1. The lowest BCUT2D eigenvalue weighted by Crippen LogP contribution is -2.57. The number of nitro benzene ring substituents is 1. The van der Waals surface area contributed by atoms with Gasteiger partial charge in [0.1, 0.15) is 29.9 Å². The van der Waals surface area contributed by atoms with Crippen molar-refractivity contribution >= 4 is 41.1 Å². The molecule has 1 aromatic heterocycles. The molecule has 4 rings (SSSR count). The van der Waals surface area contributed by atoms with Gasteiger partial charge in [-0.25, -0.2) is 0 Å². The number of hydrogen-bond acceptors (Lipinski definition) is 9. The Hall–Kier alpha value is -5.54. The first-order valence-corrected chi connectivity index (χ1v) is 15.2. The summed E-state index contributed by atoms with van der Waals surface area (Å²) < 4.78 is 5.41. The van der Waals surface area contributed by atoms with Crippen molar-refractivity contribution in [3.05, 3.63) is 76.3 Å². The molecular weight excluding hydrogens is 614 g/mol. The van der Waals surface area contributed by atoms with Gasteiger partial charge in [-0.3, -0.25) is 38.9 Å². The van der Waals surface area contributed by atoms with Crippen LogP contribution in [0.5, 0.6) is 0 Å². The van der Waals surface area contributed by atoms with E-state index in [1.807, 2.05) is 0 Å². The van der Waals surface area contributed by atoms with Crippen LogP contribution < -0.4 is 32.3 Å². The van der Waals surface area contributed by atoms with Crippen molar-refractivity contribution in [3.63, 3.8) is 0 Å². The third kappa shape index (κ3) is 10.8. The van der Waals surface area contributed by atoms with Gasteiger partial charge in [0.05, 0.1) is 11.2 Å². The van der Waals surface area contributed by atoms with E-state index < -0.39 is 64.5 Å². The van der Waals surface area contributed by atoms with E-state index in [2.05, 4.69) is 26.6 Å². The maximum absolute atomic E-state index is 13.7. The summed E-state index contributed by atoms with van der Waals surface area (Å²) in [4.78, 5) is 88.3. The second kappa shape index (κ2) is 16.1. The lowest BCUT2D eigenvalue weighted by Gasteiger charge is -2.25. The number of nitrogens with one attached hydrogen (secondary N) is 5. The number of nitrogens with two attached hydrogens (primary N) is 1. The van der Waals surface area contributed by atoms with Gasteiger partial charge in [-0.05, 0) is 42.9 Å². The standard InChI is InChI=1S/C31H37N7O9/c32-28(41)22-4-1-13-33-29(42)23(15-19-7-9-20(10-8-19)38(45)46)36-31(44)25(17-21-3-2-14-47-21)37-30(43)24(16-18-5-6-18)35-27(40)12-11-26(39)34-22/h2-3,7-12,14,18,22-25H,1,4-6,13,15-17H2,(H2,32,41)(H,33,42)(H,34,39)(H,35,40)(H,36,44)(H,37,43). The minimum Gasteiger partial charge on any atom is -0.469 e. The van der Waals surface area contributed by atoms with Gasteiger partial charge in [-0.1, -0.05) is 25.0 Å². The van der Waals surface area contributed by atoms with Crippen LogP contribution in [-0.4, -0.2) is 71.1 Å². The highest BCUT2D eigenvalue weighted by Gasteiger charge is 2.34. The second-order valence-corrected chi connectivity index (χ2v) is 11.5. The van der Waals surface area contributed by atoms with E-state index in [-0.39, 0.29) is 43.8 Å². The Morgan fingerprint density at radius 1 is 0.830 bits per heavy atom. The Bertz CT molecular complexity index is 1500. The molecule has 2 heterocycles. The van der Waals surface area contributed by atoms with Crippen LogP contribution in [0.15, 0.2) is 59.2 Å². The number of rotatable bonds is 8. The average molecular weight is 652 g/mol. The second-order valence-electron chi connectivity index (χ2n) is 11.5. The number of nitro groups is 1. The molecule has 1 aliphatic heterocycles. The van der Waals surface area contributed by atoms with Gasteiger partial charge in [0.25, 0.3) is 5.69 Å². The van der Waals surface area contributed by atoms with E-state index in [1.54, 1.807) is 12.1 Å². The monoisotopic (exact) mass is 651 g/mol. The first-order valence-electron chi connectivity index (χ1n) is 15.2. The van der Waals surface area contributed by atoms with E-state index in [0.717, 1.165) is 25.0 Å². The number of hydrogen-bond donors (Lipinski definition) is 6. The van der Waals surface area contributed by atoms with Crippen LogP contribution in [-0.2, 0) is 41.6 Å². The fourth-order valence-electron chi connectivity index (χ4n) is 5.02. The zero-order valence-electron chi connectivity index (χ0n) is 25.4. The molecule has 250 valence electrons. The highest BCUT2D eigenvalue weighted by molar-refractivity contribution is 6.00. The molecule has 0 bridgehead atoms. The fraction of sp³-hybridized carbons (Fsp3) is 0.419. The topological polar surface area (TPSA) is 245 Å². The third-order valence-electron chi connectivity index (χ3n) is 7.75. The molecule has 6 amide bonds. The van der Waals surface area contributed by atoms with Gasteiger partial charge in [-0.15, -0.1) is 0 Å². The summed E-state index contributed by atoms with van der Waals surface area (Å²) in [6, 6.07) is 4.17. The lowest BCUT2D eigenvalue weighted by atomic mass is 10.0. The Labute approximate surface area is 269 Å². The van der Waals surface area contributed by atoms with Gasteiger partial charge in [-0.2, -0.15) is 0 Å². The van der Waals surface area contributed by atoms with E-state index in [0.29, 0.717) is 17.7 Å². The number of primary amides is 1. The molecule has 1 saturated carbocycles. The summed E-state index contributed by atoms with van der Waals surface area (Å²) >= 11 is 0. The molecule has 2 aliphatic rings. The number of carbonyl (C=O) groups excluding carboxylic acids is 6. The molecular formula is C31H37N7O9. The molecule has 7 N–H and O–H groups in total. The average Bonchev–Trinajstić information content (AvgIpc) is 3.70. The van der Waals surface area contributed by atoms with Crippen molar-refractivity contribution in [3.8, 4) is 0 Å². The highest BCUT2D eigenvalue weighted by atomic mass is 16.6. The molecule has 0 radical (unpaired) electrons. The van der Waals surface area contributed by atoms with E-state index in [1.165, 1.54) is 30.5 Å². The van der Waals surface area contributed by atoms with Gasteiger partial charge in [0.2, 0.25) is 35.4 Å². The molecule has 0 spiro atoms. The maximum Gasteiger partial charge on any atom is 0.269 e. The van der Waals surface area contributed by atoms with Crippen molar-refractivity contribution in [1.29, 1.82) is 0 Å². The summed E-state index contributed by atoms with van der Waals surface area (Å²) in [6.45, 7) is 0.0404. The van der Waals surface area contributed by atoms with Gasteiger partial charge >= 0.3 is 0 Å². The molecule has 1 aliphatic carbocycles. The Balaban J connectivity index is 1.62. The normalized spacial score (nSPS) is 23.5. The van der Waals surface area contributed by atoms with Crippen LogP contribution in [0.25, 0.3) is 0 Å². The minimum absolute atomic E-state index is 0.0404. The van der Waals surface area contributed by atoms with Crippen LogP contribution in [0, 0.1) is 16.0 Å². The summed E-state index contributed by atoms with van der Waals surface area (Å²) in [5.41, 5.74) is 5.80. The summed E-state index contributed by atoms with van der Waals surface area (Å²) in [6.07, 6.45) is 5.43. The van der Waals surface area contributed by atoms with Crippen molar-refractivity contribution < 1.29 is 38.1 Å². The molecule has 16 nitrogen and oxygen atoms in total. The molecule has 1 fully saturated rings. The summed E-state index contributed by atoms with van der Waals surface area (Å²) in [5.74, 6) is -3.72. The Morgan fingerprint density at radius 2 is 1.47 bits per heavy atom. The number of carbonyl (C=O) groups is 6. The lowest BCUT2D eigenvalue weighted by molar-refractivity contribution is -0.384. The molecule has 0 saturated heterocycles. The number of non-ortho nitro benzene ring substituents is 1. The molecule has 4 atom stereocenters. The molecule has 2 aromatic rings. The predicted octanol–water partition coefficient (Wildman–Crippen LogP) is -0.336. The molecule has 47 heavy (non-hydrogen) atoms. The highest BCUT2D eigenvalue weighted by Crippen LogP contribution is 2.33. The van der Waals surface area contributed by atoms with E-state index in [4.69, 9.17) is 10.2 Å². The van der Waals surface area contributed by atoms with Crippen molar-refractivity contribution in [2.45, 2.75) is 69.1 Å². The first-order chi connectivity index (χ1) is 22.5. The fourth-order valence-corrected chi connectivity index (χ4v) is 5.02. The number of amides is 6. The molecule has 4 unspecified atom stereocenters. The smallest absolute Gasteiger partial charge is 0.269 e. The van der Waals surface area contributed by atoms with Gasteiger partial charge in [0.15, 0.2) is 0 Å². The first kappa shape index (κ1) is 34.3. The maximum atomic E-state index is 13.7. The quantitative estimate of drug-likeness (QED) is 0.161. The van der Waals surface area contributed by atoms with E-state index in [9.17, 15) is 38.9 Å². The minimum atomic E-state index is -1.22. The van der Waals surface area contributed by atoms with Crippen molar-refractivity contribution in [2.24, 2.45) is 11.7 Å². The summed E-state index contributed by atoms with van der Waals surface area (Å²) in [7, 11) is 0. The van der Waals surface area contributed by atoms with Crippen LogP contribution >= 0.6 is 0 Å². The summed E-state index contributed by atoms with van der Waals surface area (Å²) in [5, 5.41) is 24.2. The zero-order valence-corrected chi connectivity index (χ0v) is 25.4. The third-order valence-corrected chi connectivity index (χ3v) is 7.75. The Kier molecular flexibility index (Phi) is 11.8. The van der Waals surface area contributed by atoms with E-state index >= 15 is 0 Å². The van der Waals surface area contributed by atoms with Crippen LogP contribution in [0.3, 0.4) is 0 Å². The van der Waals surface area contributed by atoms with Crippen molar-refractivity contribution in [1.82, 2.24) is 26.6 Å².